The van der Waals surface area contributed by atoms with E-state index >= 15 is 0 Å². The third kappa shape index (κ3) is 4.43. The molecular formula is C24H24N4O5. The van der Waals surface area contributed by atoms with E-state index in [2.05, 4.69) is 15.3 Å². The number of carboxylic acid groups (broad SMARTS) is 1. The van der Waals surface area contributed by atoms with Gasteiger partial charge in [-0.25, -0.2) is 14.8 Å². The van der Waals surface area contributed by atoms with Crippen LogP contribution >= 0.6 is 0 Å². The molecule has 0 aliphatic heterocycles. The molecule has 1 heterocycles. The van der Waals surface area contributed by atoms with Crippen molar-refractivity contribution in [3.05, 3.63) is 64.8 Å². The number of anilines is 1. The van der Waals surface area contributed by atoms with Crippen LogP contribution in [0, 0.1) is 0 Å². The standard InChI is InChI=1S/C24H24N4O5/c1-32-15-6-8-16(20(12-15)33-2)19-9-10-26-24(28-19)27-14-5-3-13-4-7-17(23(30)31)21(22(25)29)18(13)11-14/h4,6-10,12,14H,3,5,11H2,1-2H3,(H2,25,29)(H,30,31)(H,26,27,28). The Balaban J connectivity index is 1.61. The highest BCUT2D eigenvalue weighted by atomic mass is 16.5. The third-order valence-corrected chi connectivity index (χ3v) is 5.77. The fourth-order valence-electron chi connectivity index (χ4n) is 4.19. The maximum Gasteiger partial charge on any atom is 0.336 e. The summed E-state index contributed by atoms with van der Waals surface area (Å²) >= 11 is 0. The van der Waals surface area contributed by atoms with Gasteiger partial charge in [0, 0.05) is 23.9 Å². The van der Waals surface area contributed by atoms with Gasteiger partial charge in [-0.1, -0.05) is 6.07 Å². The van der Waals surface area contributed by atoms with E-state index in [1.54, 1.807) is 38.6 Å². The summed E-state index contributed by atoms with van der Waals surface area (Å²) in [6.07, 6.45) is 3.55. The van der Waals surface area contributed by atoms with Crippen LogP contribution in [0.15, 0.2) is 42.6 Å². The fourth-order valence-corrected chi connectivity index (χ4v) is 4.19. The summed E-state index contributed by atoms with van der Waals surface area (Å²) < 4.78 is 10.7. The Kier molecular flexibility index (Phi) is 6.12. The summed E-state index contributed by atoms with van der Waals surface area (Å²) in [5, 5.41) is 12.8. The number of hydrogen-bond donors (Lipinski definition) is 3. The number of methoxy groups -OCH3 is 2. The van der Waals surface area contributed by atoms with Crippen molar-refractivity contribution in [2.75, 3.05) is 19.5 Å². The van der Waals surface area contributed by atoms with Gasteiger partial charge in [0.1, 0.15) is 11.5 Å². The van der Waals surface area contributed by atoms with Gasteiger partial charge in [0.25, 0.3) is 0 Å². The Hall–Kier alpha value is -4.14. The van der Waals surface area contributed by atoms with E-state index in [0.717, 1.165) is 17.5 Å². The van der Waals surface area contributed by atoms with Gasteiger partial charge in [0.05, 0.1) is 31.0 Å². The molecule has 4 N–H and O–H groups in total. The number of ether oxygens (including phenoxy) is 2. The molecular weight excluding hydrogens is 424 g/mol. The van der Waals surface area contributed by atoms with E-state index in [0.29, 0.717) is 41.5 Å². The number of nitrogens with two attached hydrogens (primary N) is 1. The van der Waals surface area contributed by atoms with Crippen LogP contribution < -0.4 is 20.5 Å². The lowest BCUT2D eigenvalue weighted by Gasteiger charge is -2.27. The molecule has 4 rings (SSSR count). The number of carboxylic acids is 1. The first-order chi connectivity index (χ1) is 15.9. The van der Waals surface area contributed by atoms with Gasteiger partial charge in [-0.3, -0.25) is 4.79 Å². The minimum absolute atomic E-state index is 0.0733. The quantitative estimate of drug-likeness (QED) is 0.502. The van der Waals surface area contributed by atoms with E-state index in [1.807, 2.05) is 12.1 Å². The minimum Gasteiger partial charge on any atom is -0.497 e. The smallest absolute Gasteiger partial charge is 0.336 e. The van der Waals surface area contributed by atoms with Gasteiger partial charge >= 0.3 is 5.97 Å². The number of hydrogen-bond acceptors (Lipinski definition) is 7. The summed E-state index contributed by atoms with van der Waals surface area (Å²) in [7, 11) is 3.17. The van der Waals surface area contributed by atoms with Crippen LogP contribution in [-0.2, 0) is 12.8 Å². The highest BCUT2D eigenvalue weighted by molar-refractivity contribution is 6.05. The number of fused-ring (bicyclic) bond motifs is 1. The average molecular weight is 448 g/mol. The second-order valence-electron chi connectivity index (χ2n) is 7.71. The van der Waals surface area contributed by atoms with Crippen molar-refractivity contribution in [2.45, 2.75) is 25.3 Å². The van der Waals surface area contributed by atoms with Gasteiger partial charge in [0.2, 0.25) is 11.9 Å². The van der Waals surface area contributed by atoms with Gasteiger partial charge in [-0.05, 0) is 54.7 Å². The highest BCUT2D eigenvalue weighted by Crippen LogP contribution is 2.33. The average Bonchev–Trinajstić information content (AvgIpc) is 2.82. The first-order valence-electron chi connectivity index (χ1n) is 10.4. The van der Waals surface area contributed by atoms with Crippen LogP contribution in [0.25, 0.3) is 11.3 Å². The normalized spacial score (nSPS) is 14.8. The summed E-state index contributed by atoms with van der Waals surface area (Å²) in [6, 6.07) is 10.4. The molecule has 9 heteroatoms. The van der Waals surface area contributed by atoms with Crippen molar-refractivity contribution < 1.29 is 24.2 Å². The van der Waals surface area contributed by atoms with Crippen molar-refractivity contribution in [3.63, 3.8) is 0 Å². The molecule has 0 fully saturated rings. The van der Waals surface area contributed by atoms with E-state index in [9.17, 15) is 14.7 Å². The number of benzene rings is 2. The van der Waals surface area contributed by atoms with Crippen molar-refractivity contribution in [1.82, 2.24) is 9.97 Å². The first-order valence-corrected chi connectivity index (χ1v) is 10.4. The molecule has 1 amide bonds. The maximum atomic E-state index is 12.1. The fraction of sp³-hybridized carbons (Fsp3) is 0.250. The Labute approximate surface area is 190 Å². The van der Waals surface area contributed by atoms with E-state index in [1.165, 1.54) is 6.07 Å². The Morgan fingerprint density at radius 1 is 1.15 bits per heavy atom. The molecule has 0 bridgehead atoms. The van der Waals surface area contributed by atoms with Gasteiger partial charge in [-0.15, -0.1) is 0 Å². The third-order valence-electron chi connectivity index (χ3n) is 5.77. The van der Waals surface area contributed by atoms with E-state index < -0.39 is 11.9 Å². The lowest BCUT2D eigenvalue weighted by Crippen LogP contribution is -2.31. The maximum absolute atomic E-state index is 12.1. The zero-order chi connectivity index (χ0) is 23.5. The van der Waals surface area contributed by atoms with Crippen LogP contribution in [-0.4, -0.2) is 47.2 Å². The van der Waals surface area contributed by atoms with Crippen LogP contribution in [0.2, 0.25) is 0 Å². The molecule has 1 atom stereocenters. The molecule has 0 saturated carbocycles. The van der Waals surface area contributed by atoms with Gasteiger partial charge < -0.3 is 25.6 Å². The molecule has 1 aliphatic rings. The zero-order valence-corrected chi connectivity index (χ0v) is 18.3. The largest absolute Gasteiger partial charge is 0.497 e. The number of aryl methyl sites for hydroxylation is 1. The molecule has 0 spiro atoms. The summed E-state index contributed by atoms with van der Waals surface area (Å²) in [5.74, 6) is -0.192. The number of nitrogens with zero attached hydrogens (tertiary/aromatic N) is 2. The van der Waals surface area contributed by atoms with Crippen LogP contribution in [0.5, 0.6) is 11.5 Å². The number of primary amides is 1. The Morgan fingerprint density at radius 3 is 2.67 bits per heavy atom. The first kappa shape index (κ1) is 22.1. The summed E-state index contributed by atoms with van der Waals surface area (Å²) in [6.45, 7) is 0. The number of carbonyl (C=O) groups excluding carboxylic acids is 1. The number of aromatic nitrogens is 2. The molecule has 170 valence electrons. The second kappa shape index (κ2) is 9.15. The van der Waals surface area contributed by atoms with E-state index in [4.69, 9.17) is 15.2 Å². The number of nitrogens with one attached hydrogen (secondary N) is 1. The topological polar surface area (TPSA) is 137 Å². The van der Waals surface area contributed by atoms with Gasteiger partial charge in [-0.2, -0.15) is 0 Å². The van der Waals surface area contributed by atoms with Crippen molar-refractivity contribution >= 4 is 17.8 Å². The molecule has 1 aromatic heterocycles. The second-order valence-corrected chi connectivity index (χ2v) is 7.71. The monoisotopic (exact) mass is 448 g/mol. The van der Waals surface area contributed by atoms with Crippen molar-refractivity contribution in [2.24, 2.45) is 5.73 Å². The summed E-state index contributed by atoms with van der Waals surface area (Å²) in [4.78, 5) is 32.6. The van der Waals surface area contributed by atoms with Crippen molar-refractivity contribution in [1.29, 1.82) is 0 Å². The van der Waals surface area contributed by atoms with Crippen LogP contribution in [0.3, 0.4) is 0 Å². The molecule has 2 aromatic carbocycles. The zero-order valence-electron chi connectivity index (χ0n) is 18.3. The molecule has 33 heavy (non-hydrogen) atoms. The SMILES string of the molecule is COc1ccc(-c2ccnc(NC3CCc4ccc(C(=O)O)c(C(N)=O)c4C3)n2)c(OC)c1. The Morgan fingerprint density at radius 2 is 1.97 bits per heavy atom. The number of carbonyl (C=O) groups is 2. The Bertz CT molecular complexity index is 1230. The minimum atomic E-state index is -1.17. The highest BCUT2D eigenvalue weighted by Gasteiger charge is 2.27. The van der Waals surface area contributed by atoms with E-state index in [-0.39, 0.29) is 17.2 Å². The predicted octanol–water partition coefficient (Wildman–Crippen LogP) is 2.93. The molecule has 0 radical (unpaired) electrons. The molecule has 0 saturated heterocycles. The molecule has 1 unspecified atom stereocenters. The number of aromatic carboxylic acids is 1. The van der Waals surface area contributed by atoms with Gasteiger partial charge in [0.15, 0.2) is 0 Å². The molecule has 3 aromatic rings. The van der Waals surface area contributed by atoms with Crippen molar-refractivity contribution in [3.8, 4) is 22.8 Å². The lowest BCUT2D eigenvalue weighted by atomic mass is 9.83. The number of amides is 1. The molecule has 9 nitrogen and oxygen atoms in total. The lowest BCUT2D eigenvalue weighted by molar-refractivity contribution is 0.0691. The van der Waals surface area contributed by atoms with Crippen LogP contribution in [0.1, 0.15) is 38.3 Å². The molecule has 1 aliphatic carbocycles. The van der Waals surface area contributed by atoms with Crippen LogP contribution in [0.4, 0.5) is 5.95 Å². The number of rotatable bonds is 7. The summed E-state index contributed by atoms with van der Waals surface area (Å²) in [5.41, 5.74) is 8.60. The predicted molar refractivity (Wildman–Crippen MR) is 122 cm³/mol.